The Labute approximate surface area is 116 Å². The Bertz CT molecular complexity index is 634. The van der Waals surface area contributed by atoms with Crippen molar-refractivity contribution in [2.75, 3.05) is 19.5 Å². The van der Waals surface area contributed by atoms with Crippen molar-refractivity contribution in [1.29, 1.82) is 0 Å². The molecule has 2 rings (SSSR count). The first kappa shape index (κ1) is 13.9. The number of ether oxygens (including phenoxy) is 2. The van der Waals surface area contributed by atoms with E-state index in [4.69, 9.17) is 14.0 Å². The van der Waals surface area contributed by atoms with Gasteiger partial charge in [0.1, 0.15) is 0 Å². The summed E-state index contributed by atoms with van der Waals surface area (Å²) in [7, 11) is 3.10. The van der Waals surface area contributed by atoms with Crippen molar-refractivity contribution in [3.05, 3.63) is 35.2 Å². The summed E-state index contributed by atoms with van der Waals surface area (Å²) in [4.78, 5) is 12.0. The van der Waals surface area contributed by atoms with Crippen LogP contribution in [0.15, 0.2) is 22.7 Å². The minimum Gasteiger partial charge on any atom is -0.493 e. The van der Waals surface area contributed by atoms with Crippen molar-refractivity contribution < 1.29 is 18.8 Å². The maximum atomic E-state index is 12.0. The van der Waals surface area contributed by atoms with Gasteiger partial charge in [0, 0.05) is 17.8 Å². The van der Waals surface area contributed by atoms with E-state index >= 15 is 0 Å². The van der Waals surface area contributed by atoms with Crippen LogP contribution in [-0.4, -0.2) is 25.3 Å². The van der Waals surface area contributed by atoms with Crippen molar-refractivity contribution in [3.8, 4) is 11.5 Å². The van der Waals surface area contributed by atoms with Crippen LogP contribution in [0.3, 0.4) is 0 Å². The van der Waals surface area contributed by atoms with Crippen LogP contribution in [0, 0.1) is 13.8 Å². The highest BCUT2D eigenvalue weighted by Gasteiger charge is 2.15. The zero-order valence-corrected chi connectivity index (χ0v) is 11.8. The second kappa shape index (κ2) is 5.64. The third kappa shape index (κ3) is 2.74. The van der Waals surface area contributed by atoms with Crippen LogP contribution in [-0.2, 0) is 0 Å². The number of anilines is 1. The molecule has 1 aromatic heterocycles. The highest BCUT2D eigenvalue weighted by Crippen LogP contribution is 2.33. The molecule has 0 saturated heterocycles. The highest BCUT2D eigenvalue weighted by atomic mass is 16.5. The van der Waals surface area contributed by atoms with Gasteiger partial charge in [-0.25, -0.2) is 0 Å². The second-order valence-electron chi connectivity index (χ2n) is 4.31. The molecule has 0 atom stereocenters. The molecule has 0 aliphatic heterocycles. The van der Waals surface area contributed by atoms with Crippen LogP contribution in [0.1, 0.15) is 21.8 Å². The fourth-order valence-electron chi connectivity index (χ4n) is 1.77. The summed E-state index contributed by atoms with van der Waals surface area (Å²) >= 11 is 0. The lowest BCUT2D eigenvalue weighted by atomic mass is 10.1. The minimum atomic E-state index is -0.360. The van der Waals surface area contributed by atoms with Crippen LogP contribution < -0.4 is 14.8 Å². The standard InChI is InChI=1S/C14H16N2O4/c1-8-5-11(18-3)12(19-4)7-10(8)15-14(17)13-6-9(2)16-20-13/h5-7H,1-4H3,(H,15,17). The smallest absolute Gasteiger partial charge is 0.294 e. The molecule has 6 nitrogen and oxygen atoms in total. The number of carbonyl (C=O) groups excluding carboxylic acids is 1. The van der Waals surface area contributed by atoms with E-state index in [0.29, 0.717) is 22.9 Å². The number of aromatic nitrogens is 1. The van der Waals surface area contributed by atoms with E-state index in [1.54, 1.807) is 39.3 Å². The van der Waals surface area contributed by atoms with Crippen LogP contribution in [0.4, 0.5) is 5.69 Å². The second-order valence-corrected chi connectivity index (χ2v) is 4.31. The van der Waals surface area contributed by atoms with Gasteiger partial charge in [-0.3, -0.25) is 4.79 Å². The number of benzene rings is 1. The first-order chi connectivity index (χ1) is 9.55. The maximum absolute atomic E-state index is 12.0. The summed E-state index contributed by atoms with van der Waals surface area (Å²) in [6, 6.07) is 5.07. The molecule has 0 aliphatic rings. The molecule has 106 valence electrons. The molecule has 0 spiro atoms. The number of hydrogen-bond acceptors (Lipinski definition) is 5. The summed E-state index contributed by atoms with van der Waals surface area (Å²) in [5.41, 5.74) is 2.13. The number of hydrogen-bond donors (Lipinski definition) is 1. The SMILES string of the molecule is COc1cc(C)c(NC(=O)c2cc(C)no2)cc1OC. The summed E-state index contributed by atoms with van der Waals surface area (Å²) in [5, 5.41) is 6.44. The van der Waals surface area contributed by atoms with Gasteiger partial charge in [0.15, 0.2) is 11.5 Å². The van der Waals surface area contributed by atoms with E-state index in [1.807, 2.05) is 6.92 Å². The molecule has 1 heterocycles. The lowest BCUT2D eigenvalue weighted by Gasteiger charge is -2.12. The number of nitrogens with one attached hydrogen (secondary N) is 1. The molecule has 0 saturated carbocycles. The van der Waals surface area contributed by atoms with Gasteiger partial charge in [-0.2, -0.15) is 0 Å². The number of amides is 1. The zero-order valence-electron chi connectivity index (χ0n) is 11.8. The van der Waals surface area contributed by atoms with Crippen molar-refractivity contribution in [2.24, 2.45) is 0 Å². The Kier molecular flexibility index (Phi) is 3.93. The number of carbonyl (C=O) groups is 1. The number of methoxy groups -OCH3 is 2. The average molecular weight is 276 g/mol. The first-order valence-electron chi connectivity index (χ1n) is 6.02. The van der Waals surface area contributed by atoms with E-state index in [0.717, 1.165) is 5.56 Å². The molecule has 0 aliphatic carbocycles. The van der Waals surface area contributed by atoms with E-state index in [9.17, 15) is 4.79 Å². The Hall–Kier alpha value is -2.50. The van der Waals surface area contributed by atoms with Gasteiger partial charge in [0.2, 0.25) is 5.76 Å². The maximum Gasteiger partial charge on any atom is 0.294 e. The molecule has 6 heteroatoms. The Morgan fingerprint density at radius 1 is 1.15 bits per heavy atom. The van der Waals surface area contributed by atoms with Gasteiger partial charge < -0.3 is 19.3 Å². The van der Waals surface area contributed by atoms with E-state index in [-0.39, 0.29) is 11.7 Å². The van der Waals surface area contributed by atoms with Crippen molar-refractivity contribution >= 4 is 11.6 Å². The molecule has 0 unspecified atom stereocenters. The molecule has 2 aromatic rings. The molecule has 0 radical (unpaired) electrons. The van der Waals surface area contributed by atoms with Gasteiger partial charge >= 0.3 is 0 Å². The lowest BCUT2D eigenvalue weighted by molar-refractivity contribution is 0.0988. The molecule has 1 N–H and O–H groups in total. The average Bonchev–Trinajstić information content (AvgIpc) is 2.87. The highest BCUT2D eigenvalue weighted by molar-refractivity contribution is 6.02. The summed E-state index contributed by atoms with van der Waals surface area (Å²) in [6.45, 7) is 3.62. The Balaban J connectivity index is 2.27. The van der Waals surface area contributed by atoms with E-state index in [1.165, 1.54) is 0 Å². The van der Waals surface area contributed by atoms with Crippen LogP contribution >= 0.6 is 0 Å². The van der Waals surface area contributed by atoms with E-state index in [2.05, 4.69) is 10.5 Å². The van der Waals surface area contributed by atoms with Crippen LogP contribution in [0.5, 0.6) is 11.5 Å². The van der Waals surface area contributed by atoms with Gasteiger partial charge in [0.05, 0.1) is 19.9 Å². The number of aryl methyl sites for hydroxylation is 2. The predicted octanol–water partition coefficient (Wildman–Crippen LogP) is 2.56. The summed E-state index contributed by atoms with van der Waals surface area (Å²) in [5.74, 6) is 0.957. The summed E-state index contributed by atoms with van der Waals surface area (Å²) < 4.78 is 15.3. The number of nitrogens with zero attached hydrogens (tertiary/aromatic N) is 1. The number of rotatable bonds is 4. The minimum absolute atomic E-state index is 0.164. The van der Waals surface area contributed by atoms with E-state index < -0.39 is 0 Å². The molecular weight excluding hydrogens is 260 g/mol. The topological polar surface area (TPSA) is 73.6 Å². The third-order valence-corrected chi connectivity index (χ3v) is 2.83. The monoisotopic (exact) mass is 276 g/mol. The fourth-order valence-corrected chi connectivity index (χ4v) is 1.77. The normalized spacial score (nSPS) is 10.2. The predicted molar refractivity (Wildman–Crippen MR) is 73.5 cm³/mol. The van der Waals surface area contributed by atoms with Gasteiger partial charge in [0.25, 0.3) is 5.91 Å². The van der Waals surface area contributed by atoms with Crippen molar-refractivity contribution in [2.45, 2.75) is 13.8 Å². The summed E-state index contributed by atoms with van der Waals surface area (Å²) in [6.07, 6.45) is 0. The Morgan fingerprint density at radius 2 is 1.80 bits per heavy atom. The molecular formula is C14H16N2O4. The van der Waals surface area contributed by atoms with Crippen LogP contribution in [0.2, 0.25) is 0 Å². The molecule has 1 aromatic carbocycles. The van der Waals surface area contributed by atoms with Crippen LogP contribution in [0.25, 0.3) is 0 Å². The molecule has 0 bridgehead atoms. The largest absolute Gasteiger partial charge is 0.493 e. The van der Waals surface area contributed by atoms with Crippen molar-refractivity contribution in [3.63, 3.8) is 0 Å². The van der Waals surface area contributed by atoms with Crippen molar-refractivity contribution in [1.82, 2.24) is 5.16 Å². The van der Waals surface area contributed by atoms with Gasteiger partial charge in [-0.1, -0.05) is 5.16 Å². The van der Waals surface area contributed by atoms with Gasteiger partial charge in [-0.05, 0) is 25.5 Å². The first-order valence-corrected chi connectivity index (χ1v) is 6.02. The van der Waals surface area contributed by atoms with Gasteiger partial charge in [-0.15, -0.1) is 0 Å². The molecule has 0 fully saturated rings. The zero-order chi connectivity index (χ0) is 14.7. The molecule has 20 heavy (non-hydrogen) atoms. The fraction of sp³-hybridized carbons (Fsp3) is 0.286. The Morgan fingerprint density at radius 3 is 2.35 bits per heavy atom. The third-order valence-electron chi connectivity index (χ3n) is 2.83. The lowest BCUT2D eigenvalue weighted by Crippen LogP contribution is -2.12. The quantitative estimate of drug-likeness (QED) is 0.929. The molecule has 1 amide bonds.